The third kappa shape index (κ3) is 7.14. The average molecular weight is 213 g/mol. The monoisotopic (exact) mass is 213 g/mol. The van der Waals surface area contributed by atoms with Gasteiger partial charge in [-0.25, -0.2) is 0 Å². The van der Waals surface area contributed by atoms with Crippen LogP contribution in [0.3, 0.4) is 0 Å². The van der Waals surface area contributed by atoms with Crippen molar-refractivity contribution >= 4 is 5.97 Å². The molecule has 0 rings (SSSR count). The minimum atomic E-state index is -0.128. The van der Waals surface area contributed by atoms with Crippen LogP contribution in [0, 0.1) is 5.92 Å². The highest BCUT2D eigenvalue weighted by Gasteiger charge is 2.15. The fraction of sp³-hybridized carbons (Fsp3) is 0.750. The van der Waals surface area contributed by atoms with E-state index in [1.165, 1.54) is 7.11 Å². The molecule has 3 nitrogen and oxygen atoms in total. The first-order valence-corrected chi connectivity index (χ1v) is 5.54. The third-order valence-corrected chi connectivity index (χ3v) is 2.35. The predicted molar refractivity (Wildman–Crippen MR) is 62.7 cm³/mol. The quantitative estimate of drug-likeness (QED) is 0.400. The van der Waals surface area contributed by atoms with Gasteiger partial charge in [-0.15, -0.1) is 0 Å². The number of rotatable bonds is 7. The lowest BCUT2D eigenvalue weighted by atomic mass is 10.0. The third-order valence-electron chi connectivity index (χ3n) is 2.35. The van der Waals surface area contributed by atoms with E-state index >= 15 is 0 Å². The van der Waals surface area contributed by atoms with Crippen LogP contribution in [-0.4, -0.2) is 25.7 Å². The minimum absolute atomic E-state index is 0.0285. The summed E-state index contributed by atoms with van der Waals surface area (Å²) >= 11 is 0. The van der Waals surface area contributed by atoms with E-state index in [0.717, 1.165) is 19.4 Å². The van der Waals surface area contributed by atoms with E-state index in [0.29, 0.717) is 6.04 Å². The van der Waals surface area contributed by atoms with Gasteiger partial charge in [0.05, 0.1) is 13.0 Å². The van der Waals surface area contributed by atoms with Gasteiger partial charge >= 0.3 is 5.97 Å². The zero-order valence-electron chi connectivity index (χ0n) is 10.2. The summed E-state index contributed by atoms with van der Waals surface area (Å²) in [6.45, 7) is 6.97. The maximum absolute atomic E-state index is 11.2. The number of carbonyl (C=O) groups is 1. The van der Waals surface area contributed by atoms with Crippen molar-refractivity contribution in [3.05, 3.63) is 12.2 Å². The lowest BCUT2D eigenvalue weighted by molar-refractivity contribution is -0.145. The average Bonchev–Trinajstić information content (AvgIpc) is 2.23. The van der Waals surface area contributed by atoms with Crippen LogP contribution < -0.4 is 5.32 Å². The summed E-state index contributed by atoms with van der Waals surface area (Å²) in [5, 5.41) is 3.37. The highest BCUT2D eigenvalue weighted by atomic mass is 16.5. The Hall–Kier alpha value is -0.830. The van der Waals surface area contributed by atoms with E-state index in [-0.39, 0.29) is 11.9 Å². The van der Waals surface area contributed by atoms with Crippen LogP contribution >= 0.6 is 0 Å². The van der Waals surface area contributed by atoms with E-state index in [2.05, 4.69) is 23.1 Å². The molecule has 1 N–H and O–H groups in total. The number of methoxy groups -OCH3 is 1. The van der Waals surface area contributed by atoms with Crippen LogP contribution in [0.4, 0.5) is 0 Å². The molecule has 0 aromatic carbocycles. The van der Waals surface area contributed by atoms with Crippen molar-refractivity contribution in [3.8, 4) is 0 Å². The lowest BCUT2D eigenvalue weighted by Crippen LogP contribution is -2.30. The fourth-order valence-electron chi connectivity index (χ4n) is 1.49. The summed E-state index contributed by atoms with van der Waals surface area (Å²) in [6, 6.07) is 0.351. The van der Waals surface area contributed by atoms with Crippen molar-refractivity contribution in [1.29, 1.82) is 0 Å². The van der Waals surface area contributed by atoms with Crippen LogP contribution in [0.15, 0.2) is 12.2 Å². The number of esters is 1. The highest BCUT2D eigenvalue weighted by molar-refractivity contribution is 5.71. The molecule has 88 valence electrons. The molecular formula is C12H23NO2. The largest absolute Gasteiger partial charge is 0.469 e. The Bertz CT molecular complexity index is 202. The summed E-state index contributed by atoms with van der Waals surface area (Å²) in [6.07, 6.45) is 6.03. The van der Waals surface area contributed by atoms with Crippen LogP contribution in [0.2, 0.25) is 0 Å². The van der Waals surface area contributed by atoms with Crippen molar-refractivity contribution in [2.75, 3.05) is 13.7 Å². The Balaban J connectivity index is 3.63. The highest BCUT2D eigenvalue weighted by Crippen LogP contribution is 2.07. The second kappa shape index (κ2) is 8.48. The van der Waals surface area contributed by atoms with Gasteiger partial charge < -0.3 is 10.1 Å². The summed E-state index contributed by atoms with van der Waals surface area (Å²) in [4.78, 5) is 11.2. The number of allylic oxidation sites excluding steroid dienone is 1. The number of hydrogen-bond donors (Lipinski definition) is 1. The molecule has 0 heterocycles. The zero-order chi connectivity index (χ0) is 11.7. The first kappa shape index (κ1) is 14.2. The molecular weight excluding hydrogens is 190 g/mol. The molecule has 0 aromatic rings. The van der Waals surface area contributed by atoms with Gasteiger partial charge in [-0.1, -0.05) is 19.1 Å². The van der Waals surface area contributed by atoms with Crippen molar-refractivity contribution in [3.63, 3.8) is 0 Å². The Labute approximate surface area is 92.9 Å². The molecule has 0 aromatic heterocycles. The van der Waals surface area contributed by atoms with Gasteiger partial charge in [-0.3, -0.25) is 4.79 Å². The Morgan fingerprint density at radius 3 is 2.67 bits per heavy atom. The summed E-state index contributed by atoms with van der Waals surface area (Å²) in [5.74, 6) is -0.156. The maximum Gasteiger partial charge on any atom is 0.308 e. The van der Waals surface area contributed by atoms with Gasteiger partial charge in [0.15, 0.2) is 0 Å². The van der Waals surface area contributed by atoms with E-state index in [4.69, 9.17) is 0 Å². The molecule has 0 bridgehead atoms. The summed E-state index contributed by atoms with van der Waals surface area (Å²) in [5.41, 5.74) is 0. The van der Waals surface area contributed by atoms with E-state index in [1.807, 2.05) is 19.9 Å². The van der Waals surface area contributed by atoms with E-state index in [9.17, 15) is 4.79 Å². The van der Waals surface area contributed by atoms with Gasteiger partial charge in [0.1, 0.15) is 0 Å². The molecule has 0 amide bonds. The first-order chi connectivity index (χ1) is 7.11. The van der Waals surface area contributed by atoms with E-state index in [1.54, 1.807) is 0 Å². The van der Waals surface area contributed by atoms with Gasteiger partial charge in [0, 0.05) is 6.04 Å². The molecule has 0 spiro atoms. The van der Waals surface area contributed by atoms with Crippen LogP contribution in [0.25, 0.3) is 0 Å². The molecule has 0 fully saturated rings. The van der Waals surface area contributed by atoms with Crippen molar-refractivity contribution in [2.45, 2.75) is 39.7 Å². The molecule has 2 atom stereocenters. The zero-order valence-corrected chi connectivity index (χ0v) is 10.2. The summed E-state index contributed by atoms with van der Waals surface area (Å²) in [7, 11) is 1.43. The Morgan fingerprint density at radius 2 is 2.13 bits per heavy atom. The standard InChI is InChI=1S/C12H23NO2/c1-5-6-7-8-13-11(3)9-10(2)12(14)15-4/h5-6,10-11,13H,7-9H2,1-4H3/b6-5+. The molecule has 15 heavy (non-hydrogen) atoms. The van der Waals surface area contributed by atoms with Gasteiger partial charge in [-0.05, 0) is 33.2 Å². The molecule has 0 aliphatic heterocycles. The topological polar surface area (TPSA) is 38.3 Å². The van der Waals surface area contributed by atoms with Crippen LogP contribution in [0.1, 0.15) is 33.6 Å². The van der Waals surface area contributed by atoms with Crippen molar-refractivity contribution < 1.29 is 9.53 Å². The molecule has 3 heteroatoms. The Kier molecular flexibility index (Phi) is 8.01. The van der Waals surface area contributed by atoms with E-state index < -0.39 is 0 Å². The normalized spacial score (nSPS) is 15.2. The predicted octanol–water partition coefficient (Wildman–Crippen LogP) is 2.13. The van der Waals surface area contributed by atoms with Gasteiger partial charge in [-0.2, -0.15) is 0 Å². The minimum Gasteiger partial charge on any atom is -0.469 e. The van der Waals surface area contributed by atoms with Gasteiger partial charge in [0.25, 0.3) is 0 Å². The number of ether oxygens (including phenoxy) is 1. The maximum atomic E-state index is 11.2. The van der Waals surface area contributed by atoms with Gasteiger partial charge in [0.2, 0.25) is 0 Å². The fourth-order valence-corrected chi connectivity index (χ4v) is 1.49. The Morgan fingerprint density at radius 1 is 1.47 bits per heavy atom. The summed E-state index contributed by atoms with van der Waals surface area (Å²) < 4.78 is 4.68. The number of nitrogens with one attached hydrogen (secondary N) is 1. The molecule has 0 saturated carbocycles. The lowest BCUT2D eigenvalue weighted by Gasteiger charge is -2.16. The first-order valence-electron chi connectivity index (χ1n) is 5.54. The molecule has 0 saturated heterocycles. The second-order valence-corrected chi connectivity index (χ2v) is 3.87. The van der Waals surface area contributed by atoms with Crippen molar-refractivity contribution in [1.82, 2.24) is 5.32 Å². The number of carbonyl (C=O) groups excluding carboxylic acids is 1. The van der Waals surface area contributed by atoms with Crippen LogP contribution in [0.5, 0.6) is 0 Å². The van der Waals surface area contributed by atoms with Crippen LogP contribution in [-0.2, 0) is 9.53 Å². The smallest absolute Gasteiger partial charge is 0.308 e. The van der Waals surface area contributed by atoms with Crippen molar-refractivity contribution in [2.24, 2.45) is 5.92 Å². The SMILES string of the molecule is C/C=C/CCNC(C)CC(C)C(=O)OC. The number of hydrogen-bond acceptors (Lipinski definition) is 3. The molecule has 2 unspecified atom stereocenters. The molecule has 0 aliphatic carbocycles. The molecule has 0 radical (unpaired) electrons. The second-order valence-electron chi connectivity index (χ2n) is 3.87. The molecule has 0 aliphatic rings.